The maximum absolute atomic E-state index is 12.5. The summed E-state index contributed by atoms with van der Waals surface area (Å²) in [6.45, 7) is 0.842. The number of halogens is 4. The summed E-state index contributed by atoms with van der Waals surface area (Å²) in [7, 11) is 3.37. The highest BCUT2D eigenvalue weighted by Crippen LogP contribution is 2.31. The molecule has 1 N–H and O–H groups in total. The molecule has 120 valence electrons. The Morgan fingerprint density at radius 3 is 2.62 bits per heavy atom. The molecule has 1 aromatic rings. The summed E-state index contributed by atoms with van der Waals surface area (Å²) < 4.78 is 42.6. The van der Waals surface area contributed by atoms with Gasteiger partial charge in [0.2, 0.25) is 0 Å². The van der Waals surface area contributed by atoms with Crippen molar-refractivity contribution >= 4 is 18.3 Å². The summed E-state index contributed by atoms with van der Waals surface area (Å²) in [5.74, 6) is -0.271. The summed E-state index contributed by atoms with van der Waals surface area (Å²) in [5, 5.41) is 2.89. The number of alkyl halides is 3. The normalized spacial score (nSPS) is 10.7. The second-order valence-corrected chi connectivity index (χ2v) is 4.23. The second-order valence-electron chi connectivity index (χ2n) is 4.23. The number of nitrogens with one attached hydrogen (secondary N) is 1. The molecule has 0 atom stereocenters. The van der Waals surface area contributed by atoms with Gasteiger partial charge < -0.3 is 15.0 Å². The molecule has 8 heteroatoms. The number of carbonyl (C=O) groups is 1. The molecule has 0 aliphatic rings. The lowest BCUT2D eigenvalue weighted by molar-refractivity contribution is -0.137. The minimum Gasteiger partial charge on any atom is -0.484 e. The third-order valence-electron chi connectivity index (χ3n) is 2.65. The van der Waals surface area contributed by atoms with Crippen LogP contribution in [-0.2, 0) is 11.0 Å². The summed E-state index contributed by atoms with van der Waals surface area (Å²) in [6.07, 6.45) is -4.42. The van der Waals surface area contributed by atoms with Crippen molar-refractivity contribution in [3.05, 3.63) is 29.8 Å². The molecule has 1 rings (SSSR count). The van der Waals surface area contributed by atoms with Gasteiger partial charge >= 0.3 is 6.18 Å². The van der Waals surface area contributed by atoms with Crippen molar-refractivity contribution < 1.29 is 22.7 Å². The summed E-state index contributed by atoms with van der Waals surface area (Å²) >= 11 is 0. The first-order valence-corrected chi connectivity index (χ1v) is 6.03. The largest absolute Gasteiger partial charge is 0.484 e. The Labute approximate surface area is 127 Å². The number of amides is 1. The van der Waals surface area contributed by atoms with Crippen LogP contribution in [0.5, 0.6) is 5.75 Å². The molecule has 0 aromatic heterocycles. The Hall–Kier alpha value is -1.47. The van der Waals surface area contributed by atoms with Crippen LogP contribution in [0.15, 0.2) is 24.3 Å². The van der Waals surface area contributed by atoms with E-state index in [1.165, 1.54) is 17.0 Å². The Bertz CT molecular complexity index is 455. The van der Waals surface area contributed by atoms with E-state index in [1.807, 2.05) is 0 Å². The molecule has 1 aromatic carbocycles. The quantitative estimate of drug-likeness (QED) is 0.871. The average molecular weight is 327 g/mol. The van der Waals surface area contributed by atoms with Crippen molar-refractivity contribution in [1.29, 1.82) is 0 Å². The van der Waals surface area contributed by atoms with Gasteiger partial charge in [0.05, 0.1) is 5.56 Å². The molecular formula is C13H18ClF3N2O2. The highest BCUT2D eigenvalue weighted by molar-refractivity contribution is 5.85. The summed E-state index contributed by atoms with van der Waals surface area (Å²) in [4.78, 5) is 13.1. The van der Waals surface area contributed by atoms with E-state index in [1.54, 1.807) is 14.1 Å². The molecule has 0 aliphatic heterocycles. The molecule has 1 amide bonds. The molecule has 0 fully saturated rings. The highest BCUT2D eigenvalue weighted by Gasteiger charge is 2.30. The van der Waals surface area contributed by atoms with Gasteiger partial charge in [-0.2, -0.15) is 13.2 Å². The molecule has 0 saturated heterocycles. The number of rotatable bonds is 6. The van der Waals surface area contributed by atoms with Gasteiger partial charge in [-0.1, -0.05) is 6.07 Å². The van der Waals surface area contributed by atoms with E-state index >= 15 is 0 Å². The maximum Gasteiger partial charge on any atom is 0.416 e. The molecule has 0 spiro atoms. The van der Waals surface area contributed by atoms with E-state index in [9.17, 15) is 18.0 Å². The van der Waals surface area contributed by atoms with Crippen LogP contribution in [0.3, 0.4) is 0 Å². The molecule has 0 aliphatic carbocycles. The first-order chi connectivity index (χ1) is 9.34. The fourth-order valence-corrected chi connectivity index (χ4v) is 1.42. The average Bonchev–Trinajstić information content (AvgIpc) is 2.41. The van der Waals surface area contributed by atoms with Crippen molar-refractivity contribution in [3.63, 3.8) is 0 Å². The Morgan fingerprint density at radius 1 is 1.38 bits per heavy atom. The van der Waals surface area contributed by atoms with Crippen LogP contribution in [0.25, 0.3) is 0 Å². The predicted octanol–water partition coefficient (Wildman–Crippen LogP) is 2.18. The van der Waals surface area contributed by atoms with Gasteiger partial charge in [-0.05, 0) is 25.2 Å². The minimum atomic E-state index is -4.42. The van der Waals surface area contributed by atoms with Crippen LogP contribution in [-0.4, -0.2) is 44.6 Å². The number of benzene rings is 1. The molecule has 4 nitrogen and oxygen atoms in total. The van der Waals surface area contributed by atoms with E-state index in [0.29, 0.717) is 13.1 Å². The van der Waals surface area contributed by atoms with Crippen LogP contribution < -0.4 is 10.1 Å². The van der Waals surface area contributed by atoms with Crippen LogP contribution in [0.1, 0.15) is 5.56 Å². The summed E-state index contributed by atoms with van der Waals surface area (Å²) in [6, 6.07) is 4.46. The van der Waals surface area contributed by atoms with Crippen molar-refractivity contribution in [2.24, 2.45) is 0 Å². The first kappa shape index (κ1) is 19.5. The zero-order chi connectivity index (χ0) is 15.2. The molecule has 21 heavy (non-hydrogen) atoms. The lowest BCUT2D eigenvalue weighted by atomic mass is 10.2. The third-order valence-corrected chi connectivity index (χ3v) is 2.65. The molecule has 0 heterocycles. The number of hydrogen-bond acceptors (Lipinski definition) is 3. The number of nitrogens with zero attached hydrogens (tertiary/aromatic N) is 1. The second kappa shape index (κ2) is 8.74. The van der Waals surface area contributed by atoms with Crippen molar-refractivity contribution in [3.8, 4) is 5.75 Å². The number of hydrogen-bond donors (Lipinski definition) is 1. The van der Waals surface area contributed by atoms with Gasteiger partial charge in [-0.15, -0.1) is 12.4 Å². The van der Waals surface area contributed by atoms with E-state index in [-0.39, 0.29) is 30.7 Å². The van der Waals surface area contributed by atoms with Gasteiger partial charge in [-0.25, -0.2) is 0 Å². The minimum absolute atomic E-state index is 0. The van der Waals surface area contributed by atoms with Crippen molar-refractivity contribution in [1.82, 2.24) is 10.2 Å². The van der Waals surface area contributed by atoms with Gasteiger partial charge in [0, 0.05) is 20.1 Å². The van der Waals surface area contributed by atoms with E-state index in [0.717, 1.165) is 12.1 Å². The zero-order valence-corrected chi connectivity index (χ0v) is 12.6. The van der Waals surface area contributed by atoms with Crippen LogP contribution in [0.2, 0.25) is 0 Å². The monoisotopic (exact) mass is 326 g/mol. The van der Waals surface area contributed by atoms with Gasteiger partial charge in [0.1, 0.15) is 5.75 Å². The standard InChI is InChI=1S/C13H17F3N2O2.ClH/c1-17-6-7-18(2)12(19)9-20-11-5-3-4-10(8-11)13(14,15)16;/h3-5,8,17H,6-7,9H2,1-2H3;1H. The van der Waals surface area contributed by atoms with Crippen molar-refractivity contribution in [2.75, 3.05) is 33.8 Å². The molecule has 0 radical (unpaired) electrons. The molecule has 0 saturated carbocycles. The smallest absolute Gasteiger partial charge is 0.416 e. The van der Waals surface area contributed by atoms with Gasteiger partial charge in [0.25, 0.3) is 5.91 Å². The highest BCUT2D eigenvalue weighted by atomic mass is 35.5. The van der Waals surface area contributed by atoms with E-state index in [4.69, 9.17) is 4.74 Å². The van der Waals surface area contributed by atoms with Crippen LogP contribution >= 0.6 is 12.4 Å². The van der Waals surface area contributed by atoms with Crippen LogP contribution in [0, 0.1) is 0 Å². The lowest BCUT2D eigenvalue weighted by Gasteiger charge is -2.17. The number of likely N-dealkylation sites (N-methyl/N-ethyl adjacent to an activating group) is 2. The molecule has 0 unspecified atom stereocenters. The maximum atomic E-state index is 12.5. The first-order valence-electron chi connectivity index (χ1n) is 6.03. The molecular weight excluding hydrogens is 309 g/mol. The Kier molecular flexibility index (Phi) is 8.12. The van der Waals surface area contributed by atoms with Crippen molar-refractivity contribution in [2.45, 2.75) is 6.18 Å². The SMILES string of the molecule is CNCCN(C)C(=O)COc1cccc(C(F)(F)F)c1.Cl. The Balaban J connectivity index is 0.00000400. The van der Waals surface area contributed by atoms with E-state index in [2.05, 4.69) is 5.32 Å². The third kappa shape index (κ3) is 6.68. The van der Waals surface area contributed by atoms with Gasteiger partial charge in [0.15, 0.2) is 6.61 Å². The fraction of sp³-hybridized carbons (Fsp3) is 0.462. The van der Waals surface area contributed by atoms with E-state index < -0.39 is 11.7 Å². The predicted molar refractivity (Wildman–Crippen MR) is 75.8 cm³/mol. The number of carbonyl (C=O) groups excluding carboxylic acids is 1. The summed E-state index contributed by atoms with van der Waals surface area (Å²) in [5.41, 5.74) is -0.800. The Morgan fingerprint density at radius 2 is 2.05 bits per heavy atom. The molecule has 0 bridgehead atoms. The topological polar surface area (TPSA) is 41.6 Å². The number of ether oxygens (including phenoxy) is 1. The lowest BCUT2D eigenvalue weighted by Crippen LogP contribution is -2.35. The fourth-order valence-electron chi connectivity index (χ4n) is 1.42. The van der Waals surface area contributed by atoms with Gasteiger partial charge in [-0.3, -0.25) is 4.79 Å². The zero-order valence-electron chi connectivity index (χ0n) is 11.7. The van der Waals surface area contributed by atoms with Crippen LogP contribution in [0.4, 0.5) is 13.2 Å².